The fraction of sp³-hybridized carbons (Fsp3) is 0.250. The van der Waals surface area contributed by atoms with Crippen LogP contribution in [0.3, 0.4) is 0 Å². The maximum atomic E-state index is 11.9. The van der Waals surface area contributed by atoms with Gasteiger partial charge in [-0.1, -0.05) is 0 Å². The molecule has 1 aromatic carbocycles. The Morgan fingerprint density at radius 3 is 2.80 bits per heavy atom. The summed E-state index contributed by atoms with van der Waals surface area (Å²) in [6.45, 7) is 0.0482. The summed E-state index contributed by atoms with van der Waals surface area (Å²) in [7, 11) is 1.61. The number of rotatable bonds is 6. The topological polar surface area (TPSA) is 102 Å². The lowest BCUT2D eigenvalue weighted by molar-refractivity contribution is -0.137. The standard InChI is InChI=1S/C16H16N4O4S/c1-23-12-4-2-10(3-5-12)17-16-18-11(9-25-16)8-24-15(22)13-6-7-14(21)20-19-13/h2-5,9H,6-8H2,1H3,(H,17,18)(H,20,21). The number of aromatic nitrogens is 1. The smallest absolute Gasteiger partial charge is 0.354 e. The van der Waals surface area contributed by atoms with Crippen LogP contribution in [0.1, 0.15) is 18.5 Å². The maximum absolute atomic E-state index is 11.9. The van der Waals surface area contributed by atoms with Crippen molar-refractivity contribution in [3.8, 4) is 5.75 Å². The lowest BCUT2D eigenvalue weighted by atomic mass is 10.2. The Hall–Kier alpha value is -2.94. The second-order valence-electron chi connectivity index (χ2n) is 5.17. The highest BCUT2D eigenvalue weighted by atomic mass is 32.1. The van der Waals surface area contributed by atoms with Crippen LogP contribution in [0.15, 0.2) is 34.7 Å². The molecule has 25 heavy (non-hydrogen) atoms. The van der Waals surface area contributed by atoms with Crippen molar-refractivity contribution in [2.75, 3.05) is 12.4 Å². The average molecular weight is 360 g/mol. The van der Waals surface area contributed by atoms with Gasteiger partial charge in [0.05, 0.1) is 12.8 Å². The van der Waals surface area contributed by atoms with E-state index in [4.69, 9.17) is 9.47 Å². The summed E-state index contributed by atoms with van der Waals surface area (Å²) in [6.07, 6.45) is 0.520. The third-order valence-electron chi connectivity index (χ3n) is 3.38. The SMILES string of the molecule is COc1ccc(Nc2nc(COC(=O)C3=NNC(=O)CC3)cs2)cc1. The van der Waals surface area contributed by atoms with Gasteiger partial charge < -0.3 is 14.8 Å². The Balaban J connectivity index is 1.52. The van der Waals surface area contributed by atoms with E-state index in [-0.39, 0.29) is 31.1 Å². The number of ether oxygens (including phenoxy) is 2. The molecule has 1 aliphatic heterocycles. The molecule has 0 saturated carbocycles. The Morgan fingerprint density at radius 1 is 1.32 bits per heavy atom. The molecule has 0 spiro atoms. The normalized spacial score (nSPS) is 13.6. The van der Waals surface area contributed by atoms with Crippen molar-refractivity contribution in [1.29, 1.82) is 0 Å². The predicted octanol–water partition coefficient (Wildman–Crippen LogP) is 2.20. The molecule has 1 amide bonds. The van der Waals surface area contributed by atoms with E-state index in [0.717, 1.165) is 11.4 Å². The summed E-state index contributed by atoms with van der Waals surface area (Å²) in [4.78, 5) is 27.3. The molecular weight excluding hydrogens is 344 g/mol. The molecule has 0 aliphatic carbocycles. The minimum Gasteiger partial charge on any atom is -0.497 e. The van der Waals surface area contributed by atoms with Crippen LogP contribution in [-0.4, -0.2) is 29.7 Å². The molecule has 8 nitrogen and oxygen atoms in total. The van der Waals surface area contributed by atoms with Gasteiger partial charge >= 0.3 is 5.97 Å². The Bertz CT molecular complexity index is 801. The number of carbonyl (C=O) groups is 2. The number of anilines is 2. The largest absolute Gasteiger partial charge is 0.497 e. The molecule has 2 N–H and O–H groups in total. The first-order valence-corrected chi connectivity index (χ1v) is 8.40. The summed E-state index contributed by atoms with van der Waals surface area (Å²) >= 11 is 1.41. The zero-order chi connectivity index (χ0) is 17.6. The average Bonchev–Trinajstić information content (AvgIpc) is 3.08. The van der Waals surface area contributed by atoms with Crippen molar-refractivity contribution in [2.24, 2.45) is 5.10 Å². The first-order chi connectivity index (χ1) is 12.1. The summed E-state index contributed by atoms with van der Waals surface area (Å²) in [5.74, 6) is 0.0297. The van der Waals surface area contributed by atoms with Gasteiger partial charge in [-0.25, -0.2) is 15.2 Å². The molecule has 0 atom stereocenters. The number of carbonyl (C=O) groups excluding carboxylic acids is 2. The van der Waals surface area contributed by atoms with Crippen LogP contribution >= 0.6 is 11.3 Å². The van der Waals surface area contributed by atoms with E-state index in [2.05, 4.69) is 20.8 Å². The molecule has 2 heterocycles. The first kappa shape index (κ1) is 16.9. The van der Waals surface area contributed by atoms with E-state index in [1.807, 2.05) is 29.6 Å². The van der Waals surface area contributed by atoms with Gasteiger partial charge in [0.1, 0.15) is 18.1 Å². The van der Waals surface area contributed by atoms with E-state index in [1.165, 1.54) is 11.3 Å². The number of hydrogen-bond donors (Lipinski definition) is 2. The summed E-state index contributed by atoms with van der Waals surface area (Å²) in [5.41, 5.74) is 4.00. The molecule has 1 aromatic heterocycles. The highest BCUT2D eigenvalue weighted by Gasteiger charge is 2.19. The quantitative estimate of drug-likeness (QED) is 0.766. The fourth-order valence-corrected chi connectivity index (χ4v) is 2.79. The number of amides is 1. The van der Waals surface area contributed by atoms with Crippen LogP contribution in [0, 0.1) is 0 Å². The number of nitrogens with zero attached hydrogens (tertiary/aromatic N) is 2. The fourth-order valence-electron chi connectivity index (χ4n) is 2.07. The molecule has 0 unspecified atom stereocenters. The molecule has 3 rings (SSSR count). The molecule has 1 aliphatic rings. The zero-order valence-electron chi connectivity index (χ0n) is 13.4. The van der Waals surface area contributed by atoms with Gasteiger partial charge in [0, 0.05) is 23.9 Å². The molecule has 0 radical (unpaired) electrons. The van der Waals surface area contributed by atoms with E-state index < -0.39 is 5.97 Å². The molecule has 9 heteroatoms. The molecular formula is C16H16N4O4S. The molecule has 130 valence electrons. The maximum Gasteiger partial charge on any atom is 0.354 e. The van der Waals surface area contributed by atoms with Gasteiger partial charge in [0.2, 0.25) is 5.91 Å². The molecule has 0 fully saturated rings. The highest BCUT2D eigenvalue weighted by molar-refractivity contribution is 7.13. The van der Waals surface area contributed by atoms with Crippen molar-refractivity contribution in [3.05, 3.63) is 35.3 Å². The second kappa shape index (κ2) is 7.75. The lowest BCUT2D eigenvalue weighted by Gasteiger charge is -2.10. The molecule has 0 saturated heterocycles. The van der Waals surface area contributed by atoms with E-state index in [9.17, 15) is 9.59 Å². The number of nitrogens with one attached hydrogen (secondary N) is 2. The second-order valence-corrected chi connectivity index (χ2v) is 6.03. The minimum atomic E-state index is -0.544. The van der Waals surface area contributed by atoms with E-state index in [0.29, 0.717) is 10.8 Å². The van der Waals surface area contributed by atoms with Crippen molar-refractivity contribution in [1.82, 2.24) is 10.4 Å². The minimum absolute atomic E-state index is 0.0482. The van der Waals surface area contributed by atoms with Crippen LogP contribution in [0.25, 0.3) is 0 Å². The van der Waals surface area contributed by atoms with Crippen LogP contribution in [0.5, 0.6) is 5.75 Å². The number of methoxy groups -OCH3 is 1. The monoisotopic (exact) mass is 360 g/mol. The van der Waals surface area contributed by atoms with Crippen molar-refractivity contribution in [2.45, 2.75) is 19.4 Å². The Kier molecular flexibility index (Phi) is 5.24. The number of hydrazone groups is 1. The summed E-state index contributed by atoms with van der Waals surface area (Å²) < 4.78 is 10.3. The van der Waals surface area contributed by atoms with Crippen molar-refractivity contribution in [3.63, 3.8) is 0 Å². The van der Waals surface area contributed by atoms with Gasteiger partial charge in [0.25, 0.3) is 0 Å². The first-order valence-electron chi connectivity index (χ1n) is 7.52. The number of benzene rings is 1. The van der Waals surface area contributed by atoms with E-state index >= 15 is 0 Å². The van der Waals surface area contributed by atoms with Gasteiger partial charge in [-0.15, -0.1) is 11.3 Å². The summed E-state index contributed by atoms with van der Waals surface area (Å²) in [6, 6.07) is 7.47. The molecule has 0 bridgehead atoms. The summed E-state index contributed by atoms with van der Waals surface area (Å²) in [5, 5.41) is 9.37. The third-order valence-corrected chi connectivity index (χ3v) is 4.19. The lowest BCUT2D eigenvalue weighted by Crippen LogP contribution is -2.30. The Morgan fingerprint density at radius 2 is 2.12 bits per heavy atom. The molecule has 2 aromatic rings. The zero-order valence-corrected chi connectivity index (χ0v) is 14.3. The highest BCUT2D eigenvalue weighted by Crippen LogP contribution is 2.23. The van der Waals surface area contributed by atoms with Gasteiger partial charge in [0.15, 0.2) is 5.13 Å². The predicted molar refractivity (Wildman–Crippen MR) is 93.0 cm³/mol. The van der Waals surface area contributed by atoms with Crippen LogP contribution in [0.4, 0.5) is 10.8 Å². The van der Waals surface area contributed by atoms with Crippen LogP contribution in [-0.2, 0) is 20.9 Å². The van der Waals surface area contributed by atoms with Gasteiger partial charge in [-0.3, -0.25) is 4.79 Å². The van der Waals surface area contributed by atoms with Crippen LogP contribution < -0.4 is 15.5 Å². The third kappa shape index (κ3) is 4.54. The van der Waals surface area contributed by atoms with Crippen molar-refractivity contribution < 1.29 is 19.1 Å². The number of esters is 1. The van der Waals surface area contributed by atoms with Crippen molar-refractivity contribution >= 4 is 39.7 Å². The number of hydrogen-bond acceptors (Lipinski definition) is 8. The van der Waals surface area contributed by atoms with Crippen LogP contribution in [0.2, 0.25) is 0 Å². The number of thiazole rings is 1. The Labute approximate surface area is 147 Å². The van der Waals surface area contributed by atoms with Gasteiger partial charge in [-0.2, -0.15) is 5.10 Å². The van der Waals surface area contributed by atoms with E-state index in [1.54, 1.807) is 7.11 Å². The van der Waals surface area contributed by atoms with Gasteiger partial charge in [-0.05, 0) is 24.3 Å².